The molecule has 158 valence electrons. The average Bonchev–Trinajstić information content (AvgIpc) is 2.93. The molecule has 0 radical (unpaired) electrons. The van der Waals surface area contributed by atoms with Gasteiger partial charge < -0.3 is 19.9 Å². The van der Waals surface area contributed by atoms with Crippen molar-refractivity contribution in [1.29, 1.82) is 0 Å². The molecule has 0 bridgehead atoms. The van der Waals surface area contributed by atoms with Crippen LogP contribution in [0.5, 0.6) is 5.75 Å². The molecule has 0 unspecified atom stereocenters. The zero-order valence-electron chi connectivity index (χ0n) is 16.1. The van der Waals surface area contributed by atoms with E-state index in [0.29, 0.717) is 10.7 Å². The third kappa shape index (κ3) is 4.84. The first-order chi connectivity index (χ1) is 13.6. The topological polar surface area (TPSA) is 61.9 Å². The number of anilines is 1. The van der Waals surface area contributed by atoms with Gasteiger partial charge in [-0.1, -0.05) is 30.3 Å². The molecule has 2 amide bonds. The van der Waals surface area contributed by atoms with Crippen molar-refractivity contribution in [2.45, 2.75) is 6.61 Å². The van der Waals surface area contributed by atoms with Gasteiger partial charge in [0.15, 0.2) is 11.6 Å². The monoisotopic (exact) mass is 431 g/mol. The number of allylic oxidation sites excluding steroid dienone is 1. The summed E-state index contributed by atoms with van der Waals surface area (Å²) in [4.78, 5) is 28.5. The van der Waals surface area contributed by atoms with Crippen LogP contribution in [0.2, 0.25) is 0 Å². The van der Waals surface area contributed by atoms with Crippen LogP contribution in [0.1, 0.15) is 0 Å². The molecule has 2 atom stereocenters. The Bertz CT molecular complexity index is 845. The molecule has 1 aromatic rings. The highest BCUT2D eigenvalue weighted by molar-refractivity contribution is 6.29. The van der Waals surface area contributed by atoms with Gasteiger partial charge in [0.25, 0.3) is 0 Å². The number of nitrogens with one attached hydrogen (secondary N) is 1. The zero-order valence-corrected chi connectivity index (χ0v) is 16.8. The van der Waals surface area contributed by atoms with E-state index in [9.17, 15) is 22.8 Å². The van der Waals surface area contributed by atoms with Crippen LogP contribution in [0.4, 0.5) is 18.9 Å². The highest BCUT2D eigenvalue weighted by Crippen LogP contribution is 2.36. The van der Waals surface area contributed by atoms with Gasteiger partial charge >= 0.3 is 6.61 Å². The van der Waals surface area contributed by atoms with Gasteiger partial charge in [-0.2, -0.15) is 8.78 Å². The lowest BCUT2D eigenvalue weighted by molar-refractivity contribution is -0.135. The van der Waals surface area contributed by atoms with Crippen LogP contribution < -0.4 is 10.1 Å². The average molecular weight is 432 g/mol. The van der Waals surface area contributed by atoms with Crippen LogP contribution in [0, 0.1) is 17.7 Å². The van der Waals surface area contributed by atoms with Gasteiger partial charge in [-0.3, -0.25) is 9.59 Å². The zero-order chi connectivity index (χ0) is 21.9. The van der Waals surface area contributed by atoms with Crippen LogP contribution >= 0.6 is 11.6 Å². The van der Waals surface area contributed by atoms with Crippen LogP contribution in [0.25, 0.3) is 0 Å². The molecule has 1 aliphatic heterocycles. The summed E-state index contributed by atoms with van der Waals surface area (Å²) in [6.07, 6.45) is 1.47. The van der Waals surface area contributed by atoms with Gasteiger partial charge in [0, 0.05) is 33.6 Å². The van der Waals surface area contributed by atoms with Gasteiger partial charge in [0.1, 0.15) is 11.1 Å². The Morgan fingerprint density at radius 1 is 1.45 bits per heavy atom. The highest BCUT2D eigenvalue weighted by atomic mass is 35.5. The number of carbonyl (C=O) groups is 2. The second kappa shape index (κ2) is 9.21. The highest BCUT2D eigenvalue weighted by Gasteiger charge is 2.45. The van der Waals surface area contributed by atoms with Crippen molar-refractivity contribution in [1.82, 2.24) is 9.80 Å². The number of halogens is 4. The Morgan fingerprint density at radius 3 is 2.66 bits per heavy atom. The van der Waals surface area contributed by atoms with Crippen molar-refractivity contribution in [3.8, 4) is 5.75 Å². The number of rotatable bonds is 7. The summed E-state index contributed by atoms with van der Waals surface area (Å²) in [6.45, 7) is 0.624. The first-order valence-electron chi connectivity index (χ1n) is 8.57. The van der Waals surface area contributed by atoms with Gasteiger partial charge in [0.05, 0.1) is 5.69 Å². The number of benzene rings is 1. The maximum absolute atomic E-state index is 13.9. The largest absolute Gasteiger partial charge is 0.429 e. The Balaban J connectivity index is 2.40. The van der Waals surface area contributed by atoms with E-state index < -0.39 is 41.8 Å². The minimum atomic E-state index is -3.29. The van der Waals surface area contributed by atoms with Crippen LogP contribution in [-0.4, -0.2) is 55.9 Å². The molecule has 0 saturated carbocycles. The smallest absolute Gasteiger partial charge is 0.387 e. The molecule has 1 fully saturated rings. The molecular weight excluding hydrogens is 411 g/mol. The van der Waals surface area contributed by atoms with Crippen molar-refractivity contribution in [3.05, 3.63) is 47.4 Å². The molecule has 1 aromatic carbocycles. The molecule has 1 aliphatic rings. The Kier molecular flexibility index (Phi) is 7.18. The molecule has 0 aromatic heterocycles. The second-order valence-corrected chi connectivity index (χ2v) is 6.99. The van der Waals surface area contributed by atoms with Crippen molar-refractivity contribution < 1.29 is 27.5 Å². The van der Waals surface area contributed by atoms with E-state index in [1.807, 2.05) is 0 Å². The third-order valence-electron chi connectivity index (χ3n) is 4.48. The number of hydrogen-bond donors (Lipinski definition) is 1. The molecule has 0 spiro atoms. The third-order valence-corrected chi connectivity index (χ3v) is 5.04. The number of hydrogen-bond acceptors (Lipinski definition) is 4. The first-order valence-corrected chi connectivity index (χ1v) is 8.94. The van der Waals surface area contributed by atoms with Crippen LogP contribution in [0.3, 0.4) is 0 Å². The number of ether oxygens (including phenoxy) is 1. The van der Waals surface area contributed by atoms with Gasteiger partial charge in [-0.15, -0.1) is 0 Å². The maximum Gasteiger partial charge on any atom is 0.387 e. The number of amides is 2. The summed E-state index contributed by atoms with van der Waals surface area (Å²) in [6, 6.07) is 3.34. The molecule has 0 aliphatic carbocycles. The number of para-hydroxylation sites is 1. The predicted molar refractivity (Wildman–Crippen MR) is 103 cm³/mol. The summed E-state index contributed by atoms with van der Waals surface area (Å²) in [7, 11) is 4.92. The Hall–Kier alpha value is -2.68. The van der Waals surface area contributed by atoms with Crippen LogP contribution in [0.15, 0.2) is 41.6 Å². The van der Waals surface area contributed by atoms with Gasteiger partial charge in [0.2, 0.25) is 11.8 Å². The van der Waals surface area contributed by atoms with E-state index in [1.54, 1.807) is 19.0 Å². The van der Waals surface area contributed by atoms with E-state index >= 15 is 0 Å². The quantitative estimate of drug-likeness (QED) is 0.409. The fraction of sp³-hybridized carbons (Fsp3) is 0.368. The second-order valence-electron chi connectivity index (χ2n) is 6.63. The summed E-state index contributed by atoms with van der Waals surface area (Å²) < 4.78 is 43.3. The first kappa shape index (κ1) is 22.6. The van der Waals surface area contributed by atoms with E-state index in [2.05, 4.69) is 16.6 Å². The van der Waals surface area contributed by atoms with Crippen molar-refractivity contribution in [2.24, 2.45) is 11.8 Å². The number of alkyl halides is 2. The maximum atomic E-state index is 13.9. The fourth-order valence-electron chi connectivity index (χ4n) is 3.15. The SMILES string of the molecule is C=C/C(=C(/Cl)N(C)C)[C@H]1CN(C)C(=O)[C@@H]1C(=O)Nc1cccc(F)c1OC(F)F. The summed E-state index contributed by atoms with van der Waals surface area (Å²) >= 11 is 6.31. The molecule has 6 nitrogen and oxygen atoms in total. The van der Waals surface area contributed by atoms with E-state index in [4.69, 9.17) is 11.6 Å². The lowest BCUT2D eigenvalue weighted by Gasteiger charge is -2.22. The fourth-order valence-corrected chi connectivity index (χ4v) is 3.36. The molecular formula is C19H21ClF3N3O3. The molecule has 29 heavy (non-hydrogen) atoms. The normalized spacial score (nSPS) is 19.9. The molecule has 1 saturated heterocycles. The summed E-state index contributed by atoms with van der Waals surface area (Å²) in [5.74, 6) is -4.99. The number of likely N-dealkylation sites (tertiary alicyclic amines) is 1. The standard InChI is InChI=1S/C19H21ClF3N3O3/c1-5-10(16(20)25(2)3)11-9-26(4)18(28)14(11)17(27)24-13-8-6-7-12(21)15(13)29-19(22)23/h5-8,11,14,19H,1,9H2,2-4H3,(H,24,27)/b16-10+/t11-,14+/m1/s1. The van der Waals surface area contributed by atoms with Gasteiger partial charge in [-0.05, 0) is 17.7 Å². The van der Waals surface area contributed by atoms with Crippen molar-refractivity contribution in [2.75, 3.05) is 33.0 Å². The number of carbonyl (C=O) groups excluding carboxylic acids is 2. The van der Waals surface area contributed by atoms with E-state index in [0.717, 1.165) is 6.07 Å². The van der Waals surface area contributed by atoms with E-state index in [1.165, 1.54) is 30.2 Å². The minimum absolute atomic E-state index is 0.200. The van der Waals surface area contributed by atoms with Crippen molar-refractivity contribution in [3.63, 3.8) is 0 Å². The molecule has 10 heteroatoms. The van der Waals surface area contributed by atoms with E-state index in [-0.39, 0.29) is 12.2 Å². The van der Waals surface area contributed by atoms with Crippen LogP contribution in [-0.2, 0) is 9.59 Å². The Morgan fingerprint density at radius 2 is 2.10 bits per heavy atom. The van der Waals surface area contributed by atoms with Gasteiger partial charge in [-0.25, -0.2) is 4.39 Å². The number of nitrogens with zero attached hydrogens (tertiary/aromatic N) is 2. The van der Waals surface area contributed by atoms with Crippen molar-refractivity contribution >= 4 is 29.1 Å². The summed E-state index contributed by atoms with van der Waals surface area (Å²) in [5, 5.41) is 2.63. The minimum Gasteiger partial charge on any atom is -0.429 e. The lowest BCUT2D eigenvalue weighted by atomic mass is 9.87. The molecule has 1 N–H and O–H groups in total. The summed E-state index contributed by atoms with van der Waals surface area (Å²) in [5.41, 5.74) is 0.178. The predicted octanol–water partition coefficient (Wildman–Crippen LogP) is 3.27. The lowest BCUT2D eigenvalue weighted by Crippen LogP contribution is -2.34. The Labute approximate surface area is 171 Å². The molecule has 2 rings (SSSR count). The molecule has 1 heterocycles.